The molecule has 1 amide bonds. The Morgan fingerprint density at radius 2 is 1.93 bits per heavy atom. The van der Waals surface area contributed by atoms with Gasteiger partial charge < -0.3 is 5.32 Å². The van der Waals surface area contributed by atoms with Gasteiger partial charge in [-0.2, -0.15) is 5.10 Å². The predicted molar refractivity (Wildman–Crippen MR) is 117 cm³/mol. The number of nitrogens with zero attached hydrogens (tertiary/aromatic N) is 2. The molecule has 1 fully saturated rings. The van der Waals surface area contributed by atoms with Gasteiger partial charge in [0.25, 0.3) is 5.91 Å². The molecule has 1 saturated carbocycles. The quantitative estimate of drug-likeness (QED) is 0.509. The van der Waals surface area contributed by atoms with Crippen LogP contribution in [0, 0.1) is 0 Å². The van der Waals surface area contributed by atoms with E-state index >= 15 is 0 Å². The van der Waals surface area contributed by atoms with Crippen molar-refractivity contribution in [3.63, 3.8) is 0 Å². The molecule has 2 aromatic carbocycles. The maximum atomic E-state index is 12.6. The molecular weight excluding hydrogens is 468 g/mol. The molecule has 3 aromatic rings. The Labute approximate surface area is 183 Å². The zero-order valence-corrected chi connectivity index (χ0v) is 18.5. The highest BCUT2D eigenvalue weighted by molar-refractivity contribution is 9.10. The van der Waals surface area contributed by atoms with Crippen LogP contribution in [0.3, 0.4) is 0 Å². The van der Waals surface area contributed by atoms with E-state index in [4.69, 9.17) is 0 Å². The third-order valence-electron chi connectivity index (χ3n) is 4.75. The molecule has 0 bridgehead atoms. The van der Waals surface area contributed by atoms with Gasteiger partial charge in [-0.05, 0) is 71.1 Å². The zero-order chi connectivity index (χ0) is 21.1. The summed E-state index contributed by atoms with van der Waals surface area (Å²) in [5, 5.41) is 7.19. The van der Waals surface area contributed by atoms with Crippen molar-refractivity contribution in [3.05, 3.63) is 76.5 Å². The SMILES string of the molecule is O=C(NCCc1cnn(-c2ccccc2)c1)c1cc(S(=O)(=O)NC2CC2)ccc1Br. The molecule has 2 N–H and O–H groups in total. The summed E-state index contributed by atoms with van der Waals surface area (Å²) in [5.74, 6) is -0.333. The van der Waals surface area contributed by atoms with E-state index in [9.17, 15) is 13.2 Å². The summed E-state index contributed by atoms with van der Waals surface area (Å²) in [6.07, 6.45) is 6.01. The Bertz CT molecular complexity index is 1160. The first kappa shape index (κ1) is 20.8. The van der Waals surface area contributed by atoms with Gasteiger partial charge in [-0.15, -0.1) is 0 Å². The number of aromatic nitrogens is 2. The lowest BCUT2D eigenvalue weighted by Gasteiger charge is -2.10. The molecule has 4 rings (SSSR count). The molecule has 0 spiro atoms. The summed E-state index contributed by atoms with van der Waals surface area (Å²) >= 11 is 3.34. The predicted octanol–water partition coefficient (Wildman–Crippen LogP) is 3.05. The van der Waals surface area contributed by atoms with Gasteiger partial charge in [0.05, 0.1) is 22.3 Å². The minimum absolute atomic E-state index is 0.00715. The van der Waals surface area contributed by atoms with Crippen molar-refractivity contribution in [1.82, 2.24) is 19.8 Å². The van der Waals surface area contributed by atoms with Crippen LogP contribution in [0.4, 0.5) is 0 Å². The average Bonchev–Trinajstić information content (AvgIpc) is 3.41. The van der Waals surface area contributed by atoms with Crippen molar-refractivity contribution in [1.29, 1.82) is 0 Å². The fraction of sp³-hybridized carbons (Fsp3) is 0.238. The number of para-hydroxylation sites is 1. The summed E-state index contributed by atoms with van der Waals surface area (Å²) in [5.41, 5.74) is 2.24. The van der Waals surface area contributed by atoms with Gasteiger partial charge in [-0.3, -0.25) is 4.79 Å². The van der Waals surface area contributed by atoms with E-state index in [1.54, 1.807) is 16.9 Å². The van der Waals surface area contributed by atoms with Crippen molar-refractivity contribution in [3.8, 4) is 5.69 Å². The van der Waals surface area contributed by atoms with Gasteiger partial charge >= 0.3 is 0 Å². The molecule has 1 aliphatic rings. The lowest BCUT2D eigenvalue weighted by Crippen LogP contribution is -2.28. The molecular formula is C21H21BrN4O3S. The Morgan fingerprint density at radius 1 is 1.17 bits per heavy atom. The number of sulfonamides is 1. The van der Waals surface area contributed by atoms with Gasteiger partial charge in [0.2, 0.25) is 10.0 Å². The largest absolute Gasteiger partial charge is 0.352 e. The Kier molecular flexibility index (Phi) is 6.03. The van der Waals surface area contributed by atoms with Crippen LogP contribution >= 0.6 is 15.9 Å². The molecule has 0 radical (unpaired) electrons. The molecule has 1 aliphatic carbocycles. The number of amides is 1. The number of benzene rings is 2. The second kappa shape index (κ2) is 8.71. The number of hydrogen-bond acceptors (Lipinski definition) is 4. The van der Waals surface area contributed by atoms with E-state index in [1.807, 2.05) is 36.5 Å². The number of carbonyl (C=O) groups excluding carboxylic acids is 1. The van der Waals surface area contributed by atoms with E-state index in [0.717, 1.165) is 24.1 Å². The average molecular weight is 489 g/mol. The van der Waals surface area contributed by atoms with Crippen LogP contribution in [0.5, 0.6) is 0 Å². The number of halogens is 1. The number of carbonyl (C=O) groups is 1. The molecule has 0 saturated heterocycles. The monoisotopic (exact) mass is 488 g/mol. The second-order valence-electron chi connectivity index (χ2n) is 7.17. The number of hydrogen-bond donors (Lipinski definition) is 2. The van der Waals surface area contributed by atoms with Crippen molar-refractivity contribution in [2.75, 3.05) is 6.54 Å². The smallest absolute Gasteiger partial charge is 0.252 e. The lowest BCUT2D eigenvalue weighted by atomic mass is 10.2. The number of rotatable bonds is 8. The van der Waals surface area contributed by atoms with Crippen molar-refractivity contribution >= 4 is 31.9 Å². The first-order valence-corrected chi connectivity index (χ1v) is 11.9. The first-order chi connectivity index (χ1) is 14.4. The van der Waals surface area contributed by atoms with Crippen LogP contribution in [0.25, 0.3) is 5.69 Å². The minimum atomic E-state index is -3.62. The zero-order valence-electron chi connectivity index (χ0n) is 16.1. The van der Waals surface area contributed by atoms with Gasteiger partial charge in [0, 0.05) is 23.3 Å². The summed E-state index contributed by atoms with van der Waals surface area (Å²) < 4.78 is 29.8. The highest BCUT2D eigenvalue weighted by atomic mass is 79.9. The van der Waals surface area contributed by atoms with E-state index in [0.29, 0.717) is 17.4 Å². The highest BCUT2D eigenvalue weighted by Gasteiger charge is 2.28. The molecule has 0 aliphatic heterocycles. The van der Waals surface area contributed by atoms with Gasteiger partial charge in [0.1, 0.15) is 0 Å². The van der Waals surface area contributed by atoms with Gasteiger partial charge in [-0.25, -0.2) is 17.8 Å². The topological polar surface area (TPSA) is 93.1 Å². The summed E-state index contributed by atoms with van der Waals surface area (Å²) in [6, 6.07) is 14.3. The normalized spacial score (nSPS) is 13.9. The Hall–Kier alpha value is -2.49. The molecule has 30 heavy (non-hydrogen) atoms. The van der Waals surface area contributed by atoms with Crippen molar-refractivity contribution < 1.29 is 13.2 Å². The Morgan fingerprint density at radius 3 is 2.67 bits per heavy atom. The second-order valence-corrected chi connectivity index (χ2v) is 9.74. The number of nitrogens with one attached hydrogen (secondary N) is 2. The summed E-state index contributed by atoms with van der Waals surface area (Å²) in [4.78, 5) is 12.7. The standard InChI is InChI=1S/C21H21BrN4O3S/c22-20-9-8-18(30(28,29)25-16-6-7-16)12-19(20)21(27)23-11-10-15-13-24-26(14-15)17-4-2-1-3-5-17/h1-5,8-9,12-14,16,25H,6-7,10-11H2,(H,23,27). The maximum Gasteiger partial charge on any atom is 0.252 e. The third-order valence-corrected chi connectivity index (χ3v) is 6.96. The van der Waals surface area contributed by atoms with E-state index in [1.165, 1.54) is 12.1 Å². The molecule has 7 nitrogen and oxygen atoms in total. The van der Waals surface area contributed by atoms with Crippen LogP contribution in [0.1, 0.15) is 28.8 Å². The fourth-order valence-corrected chi connectivity index (χ4v) is 4.72. The van der Waals surface area contributed by atoms with E-state index in [2.05, 4.69) is 31.1 Å². The summed E-state index contributed by atoms with van der Waals surface area (Å²) in [6.45, 7) is 0.406. The van der Waals surface area contributed by atoms with Crippen LogP contribution in [-0.4, -0.2) is 36.7 Å². The highest BCUT2D eigenvalue weighted by Crippen LogP contribution is 2.25. The minimum Gasteiger partial charge on any atom is -0.352 e. The molecule has 0 unspecified atom stereocenters. The van der Waals surface area contributed by atoms with Gasteiger partial charge in [-0.1, -0.05) is 18.2 Å². The fourth-order valence-electron chi connectivity index (χ4n) is 2.96. The van der Waals surface area contributed by atoms with Crippen LogP contribution in [0.15, 0.2) is 70.3 Å². The lowest BCUT2D eigenvalue weighted by molar-refractivity contribution is 0.0953. The van der Waals surface area contributed by atoms with Crippen molar-refractivity contribution in [2.24, 2.45) is 0 Å². The molecule has 1 heterocycles. The third kappa shape index (κ3) is 4.97. The van der Waals surface area contributed by atoms with Crippen molar-refractivity contribution in [2.45, 2.75) is 30.2 Å². The van der Waals surface area contributed by atoms with Crippen LogP contribution < -0.4 is 10.0 Å². The van der Waals surface area contributed by atoms with E-state index in [-0.39, 0.29) is 22.4 Å². The molecule has 156 valence electrons. The van der Waals surface area contributed by atoms with Crippen LogP contribution in [-0.2, 0) is 16.4 Å². The first-order valence-electron chi connectivity index (χ1n) is 9.61. The molecule has 0 atom stereocenters. The molecule has 9 heteroatoms. The van der Waals surface area contributed by atoms with E-state index < -0.39 is 10.0 Å². The summed E-state index contributed by atoms with van der Waals surface area (Å²) in [7, 11) is -3.62. The van der Waals surface area contributed by atoms with Crippen LogP contribution in [0.2, 0.25) is 0 Å². The van der Waals surface area contributed by atoms with Gasteiger partial charge in [0.15, 0.2) is 0 Å². The maximum absolute atomic E-state index is 12.6. The molecule has 1 aromatic heterocycles. The Balaban J connectivity index is 1.38.